The van der Waals surface area contributed by atoms with Crippen LogP contribution in [0.5, 0.6) is 5.75 Å². The third-order valence-corrected chi connectivity index (χ3v) is 3.55. The summed E-state index contributed by atoms with van der Waals surface area (Å²) in [5.74, 6) is 1.52. The molecule has 0 bridgehead atoms. The second-order valence-corrected chi connectivity index (χ2v) is 5.26. The molecule has 0 radical (unpaired) electrons. The zero-order chi connectivity index (χ0) is 14.8. The molecule has 0 heterocycles. The number of rotatable bonds is 10. The Balaban J connectivity index is 2.62. The van der Waals surface area contributed by atoms with Gasteiger partial charge in [-0.05, 0) is 36.9 Å². The summed E-state index contributed by atoms with van der Waals surface area (Å²) in [5, 5.41) is 3.45. The van der Waals surface area contributed by atoms with Crippen molar-refractivity contribution in [2.45, 2.75) is 45.6 Å². The van der Waals surface area contributed by atoms with Crippen LogP contribution in [0.25, 0.3) is 0 Å². The number of hydrogen-bond acceptors (Lipinski definition) is 3. The van der Waals surface area contributed by atoms with Crippen LogP contribution in [0.3, 0.4) is 0 Å². The average molecular weight is 279 g/mol. The van der Waals surface area contributed by atoms with E-state index in [2.05, 4.69) is 44.3 Å². The minimum atomic E-state index is 0.241. The highest BCUT2D eigenvalue weighted by atomic mass is 16.5. The Morgan fingerprint density at radius 2 is 1.90 bits per heavy atom. The molecule has 0 aromatic heterocycles. The average Bonchev–Trinajstić information content (AvgIpc) is 2.49. The molecular weight excluding hydrogens is 250 g/mol. The first-order valence-corrected chi connectivity index (χ1v) is 7.66. The Kier molecular flexibility index (Phi) is 8.31. The quantitative estimate of drug-likeness (QED) is 0.710. The van der Waals surface area contributed by atoms with Gasteiger partial charge >= 0.3 is 0 Å². The van der Waals surface area contributed by atoms with Gasteiger partial charge in [-0.1, -0.05) is 39.0 Å². The first-order valence-electron chi connectivity index (χ1n) is 7.66. The third kappa shape index (κ3) is 5.51. The summed E-state index contributed by atoms with van der Waals surface area (Å²) in [6.45, 7) is 8.91. The molecule has 0 spiro atoms. The summed E-state index contributed by atoms with van der Waals surface area (Å²) >= 11 is 0. The maximum Gasteiger partial charge on any atom is 0.122 e. The van der Waals surface area contributed by atoms with Gasteiger partial charge < -0.3 is 14.8 Å². The Morgan fingerprint density at radius 1 is 1.15 bits per heavy atom. The molecule has 0 saturated carbocycles. The van der Waals surface area contributed by atoms with E-state index in [0.717, 1.165) is 25.1 Å². The van der Waals surface area contributed by atoms with Gasteiger partial charge in [-0.2, -0.15) is 0 Å². The van der Waals surface area contributed by atoms with Crippen LogP contribution >= 0.6 is 0 Å². The molecule has 2 unspecified atom stereocenters. The van der Waals surface area contributed by atoms with E-state index in [9.17, 15) is 0 Å². The molecule has 0 aliphatic carbocycles. The standard InChI is InChI=1S/C17H29NO2/c1-5-11-18-15(12-19-4)13-20-17-10-8-7-9-16(17)14(3)6-2/h7-10,14-15,18H,5-6,11-13H2,1-4H3. The zero-order valence-electron chi connectivity index (χ0n) is 13.3. The van der Waals surface area contributed by atoms with E-state index in [0.29, 0.717) is 19.1 Å². The third-order valence-electron chi connectivity index (χ3n) is 3.55. The van der Waals surface area contributed by atoms with E-state index >= 15 is 0 Å². The maximum absolute atomic E-state index is 6.03. The van der Waals surface area contributed by atoms with E-state index in [1.165, 1.54) is 5.56 Å². The molecular formula is C17H29NO2. The number of methoxy groups -OCH3 is 1. The van der Waals surface area contributed by atoms with Crippen LogP contribution in [0.1, 0.15) is 45.1 Å². The van der Waals surface area contributed by atoms with Crippen LogP contribution < -0.4 is 10.1 Å². The van der Waals surface area contributed by atoms with Crippen molar-refractivity contribution in [2.75, 3.05) is 26.9 Å². The molecule has 3 nitrogen and oxygen atoms in total. The molecule has 0 aliphatic rings. The van der Waals surface area contributed by atoms with Gasteiger partial charge in [-0.25, -0.2) is 0 Å². The van der Waals surface area contributed by atoms with Crippen LogP contribution in [0.2, 0.25) is 0 Å². The fraction of sp³-hybridized carbons (Fsp3) is 0.647. The van der Waals surface area contributed by atoms with Crippen molar-refractivity contribution in [1.29, 1.82) is 0 Å². The first-order chi connectivity index (χ1) is 9.72. The minimum Gasteiger partial charge on any atom is -0.492 e. The van der Waals surface area contributed by atoms with Crippen molar-refractivity contribution in [3.8, 4) is 5.75 Å². The van der Waals surface area contributed by atoms with E-state index < -0.39 is 0 Å². The molecule has 20 heavy (non-hydrogen) atoms. The molecule has 1 aromatic carbocycles. The van der Waals surface area contributed by atoms with Crippen LogP contribution in [-0.4, -0.2) is 32.9 Å². The highest BCUT2D eigenvalue weighted by Crippen LogP contribution is 2.28. The van der Waals surface area contributed by atoms with Gasteiger partial charge in [0.05, 0.1) is 12.6 Å². The van der Waals surface area contributed by atoms with Crippen LogP contribution in [0.15, 0.2) is 24.3 Å². The highest BCUT2D eigenvalue weighted by molar-refractivity contribution is 5.35. The highest BCUT2D eigenvalue weighted by Gasteiger charge is 2.12. The van der Waals surface area contributed by atoms with Crippen molar-refractivity contribution in [3.05, 3.63) is 29.8 Å². The Labute approximate surface area is 123 Å². The number of nitrogens with one attached hydrogen (secondary N) is 1. The maximum atomic E-state index is 6.03. The Hall–Kier alpha value is -1.06. The van der Waals surface area contributed by atoms with Gasteiger partial charge in [0.25, 0.3) is 0 Å². The molecule has 1 rings (SSSR count). The van der Waals surface area contributed by atoms with Crippen LogP contribution in [-0.2, 0) is 4.74 Å². The van der Waals surface area contributed by atoms with Crippen LogP contribution in [0, 0.1) is 0 Å². The SMILES string of the molecule is CCCNC(COC)COc1ccccc1C(C)CC. The minimum absolute atomic E-state index is 0.241. The fourth-order valence-corrected chi connectivity index (χ4v) is 2.14. The van der Waals surface area contributed by atoms with E-state index in [1.54, 1.807) is 7.11 Å². The van der Waals surface area contributed by atoms with E-state index in [1.807, 2.05) is 6.07 Å². The summed E-state index contributed by atoms with van der Waals surface area (Å²) in [4.78, 5) is 0. The number of ether oxygens (including phenoxy) is 2. The van der Waals surface area contributed by atoms with Gasteiger partial charge in [0, 0.05) is 7.11 Å². The van der Waals surface area contributed by atoms with Gasteiger partial charge in [0.15, 0.2) is 0 Å². The van der Waals surface area contributed by atoms with Crippen molar-refractivity contribution in [3.63, 3.8) is 0 Å². The molecule has 2 atom stereocenters. The number of benzene rings is 1. The summed E-state index contributed by atoms with van der Waals surface area (Å²) in [6.07, 6.45) is 2.24. The summed E-state index contributed by atoms with van der Waals surface area (Å²) in [7, 11) is 1.73. The molecule has 1 N–H and O–H groups in total. The number of hydrogen-bond donors (Lipinski definition) is 1. The van der Waals surface area contributed by atoms with Gasteiger partial charge in [0.2, 0.25) is 0 Å². The smallest absolute Gasteiger partial charge is 0.122 e. The summed E-state index contributed by atoms with van der Waals surface area (Å²) in [6, 6.07) is 8.58. The lowest BCUT2D eigenvalue weighted by Gasteiger charge is -2.21. The van der Waals surface area contributed by atoms with Crippen molar-refractivity contribution < 1.29 is 9.47 Å². The predicted octanol–water partition coefficient (Wildman–Crippen LogP) is 3.59. The monoisotopic (exact) mass is 279 g/mol. The Bertz CT molecular complexity index is 368. The molecule has 0 aliphatic heterocycles. The van der Waals surface area contributed by atoms with Crippen molar-refractivity contribution in [2.24, 2.45) is 0 Å². The lowest BCUT2D eigenvalue weighted by Crippen LogP contribution is -2.38. The number of para-hydroxylation sites is 1. The van der Waals surface area contributed by atoms with Gasteiger partial charge in [-0.3, -0.25) is 0 Å². The summed E-state index contributed by atoms with van der Waals surface area (Å²) in [5.41, 5.74) is 1.29. The predicted molar refractivity (Wildman–Crippen MR) is 84.6 cm³/mol. The van der Waals surface area contributed by atoms with Crippen LogP contribution in [0.4, 0.5) is 0 Å². The first kappa shape index (κ1) is 17.0. The van der Waals surface area contributed by atoms with Gasteiger partial charge in [0.1, 0.15) is 12.4 Å². The lowest BCUT2D eigenvalue weighted by atomic mass is 9.98. The lowest BCUT2D eigenvalue weighted by molar-refractivity contribution is 0.135. The molecule has 0 saturated heterocycles. The van der Waals surface area contributed by atoms with Gasteiger partial charge in [-0.15, -0.1) is 0 Å². The molecule has 3 heteroatoms. The molecule has 0 amide bonds. The largest absolute Gasteiger partial charge is 0.492 e. The van der Waals surface area contributed by atoms with E-state index in [4.69, 9.17) is 9.47 Å². The summed E-state index contributed by atoms with van der Waals surface area (Å²) < 4.78 is 11.3. The second kappa shape index (κ2) is 9.78. The normalized spacial score (nSPS) is 14.0. The van der Waals surface area contributed by atoms with Crippen molar-refractivity contribution in [1.82, 2.24) is 5.32 Å². The zero-order valence-corrected chi connectivity index (χ0v) is 13.3. The molecule has 0 fully saturated rings. The second-order valence-electron chi connectivity index (χ2n) is 5.26. The molecule has 114 valence electrons. The van der Waals surface area contributed by atoms with E-state index in [-0.39, 0.29) is 6.04 Å². The topological polar surface area (TPSA) is 30.5 Å². The Morgan fingerprint density at radius 3 is 2.55 bits per heavy atom. The molecule has 1 aromatic rings. The fourth-order valence-electron chi connectivity index (χ4n) is 2.14. The van der Waals surface area contributed by atoms with Crippen molar-refractivity contribution >= 4 is 0 Å².